The second-order valence-corrected chi connectivity index (χ2v) is 4.89. The van der Waals surface area contributed by atoms with Crippen molar-refractivity contribution in [1.29, 1.82) is 0 Å². The van der Waals surface area contributed by atoms with Gasteiger partial charge in [0, 0.05) is 6.42 Å². The molecule has 96 valence electrons. The summed E-state index contributed by atoms with van der Waals surface area (Å²) in [4.78, 5) is 0. The number of rotatable bonds is 4. The smallest absolute Gasteiger partial charge is 0.140 e. The van der Waals surface area contributed by atoms with Crippen molar-refractivity contribution in [3.63, 3.8) is 0 Å². The van der Waals surface area contributed by atoms with E-state index in [9.17, 15) is 5.11 Å². The van der Waals surface area contributed by atoms with Gasteiger partial charge in [-0.15, -0.1) is 0 Å². The summed E-state index contributed by atoms with van der Waals surface area (Å²) in [5.41, 5.74) is -0.795. The maximum atomic E-state index is 10.7. The minimum Gasteiger partial charge on any atom is -0.497 e. The lowest BCUT2D eigenvalue weighted by atomic mass is 9.84. The highest BCUT2D eigenvalue weighted by atomic mass is 16.5. The zero-order chi connectivity index (χ0) is 12.3. The van der Waals surface area contributed by atoms with Gasteiger partial charge in [-0.3, -0.25) is 0 Å². The molecule has 0 aromatic carbocycles. The number of methoxy groups -OCH3 is 1. The summed E-state index contributed by atoms with van der Waals surface area (Å²) < 4.78 is 11.0. The minimum atomic E-state index is -0.795. The van der Waals surface area contributed by atoms with Gasteiger partial charge >= 0.3 is 0 Å². The highest BCUT2D eigenvalue weighted by Crippen LogP contribution is 2.46. The van der Waals surface area contributed by atoms with Gasteiger partial charge in [0.1, 0.15) is 11.5 Å². The molecule has 17 heavy (non-hydrogen) atoms. The summed E-state index contributed by atoms with van der Waals surface area (Å²) in [6.45, 7) is 2.88. The Hall–Kier alpha value is -0.960. The number of hydrogen-bond donors (Lipinski definition) is 1. The van der Waals surface area contributed by atoms with E-state index in [-0.39, 0.29) is 5.92 Å². The van der Waals surface area contributed by atoms with Crippen LogP contribution in [0.5, 0.6) is 0 Å². The fraction of sp³-hybridized carbons (Fsp3) is 0.714. The van der Waals surface area contributed by atoms with Crippen LogP contribution in [-0.4, -0.2) is 24.4 Å². The fourth-order valence-corrected chi connectivity index (χ4v) is 2.72. The Morgan fingerprint density at radius 1 is 1.59 bits per heavy atom. The summed E-state index contributed by atoms with van der Waals surface area (Å²) >= 11 is 0. The Kier molecular flexibility index (Phi) is 3.77. The molecular formula is C14H22O3. The summed E-state index contributed by atoms with van der Waals surface area (Å²) in [7, 11) is 1.65. The van der Waals surface area contributed by atoms with E-state index in [1.807, 2.05) is 6.08 Å². The monoisotopic (exact) mass is 238 g/mol. The van der Waals surface area contributed by atoms with Gasteiger partial charge < -0.3 is 14.6 Å². The zero-order valence-corrected chi connectivity index (χ0v) is 10.7. The maximum absolute atomic E-state index is 10.7. The van der Waals surface area contributed by atoms with Gasteiger partial charge in [0.15, 0.2) is 0 Å². The van der Waals surface area contributed by atoms with Crippen molar-refractivity contribution in [2.75, 3.05) is 13.7 Å². The molecule has 1 saturated heterocycles. The number of fused-ring (bicyclic) bond motifs is 1. The molecule has 0 unspecified atom stereocenters. The first-order valence-corrected chi connectivity index (χ1v) is 6.51. The summed E-state index contributed by atoms with van der Waals surface area (Å²) in [5, 5.41) is 10.7. The highest BCUT2D eigenvalue weighted by Gasteiger charge is 2.47. The van der Waals surface area contributed by atoms with Crippen LogP contribution in [0.25, 0.3) is 0 Å². The van der Waals surface area contributed by atoms with Gasteiger partial charge in [-0.2, -0.15) is 0 Å². The summed E-state index contributed by atoms with van der Waals surface area (Å²) in [5.74, 6) is 1.78. The van der Waals surface area contributed by atoms with E-state index in [0.29, 0.717) is 6.42 Å². The number of allylic oxidation sites excluding steroid dienone is 1. The molecule has 1 aliphatic carbocycles. The molecule has 0 spiro atoms. The van der Waals surface area contributed by atoms with Gasteiger partial charge in [-0.05, 0) is 19.3 Å². The Morgan fingerprint density at radius 2 is 2.41 bits per heavy atom. The molecule has 2 atom stereocenters. The number of hydrogen-bond acceptors (Lipinski definition) is 3. The first kappa shape index (κ1) is 12.5. The summed E-state index contributed by atoms with van der Waals surface area (Å²) in [6.07, 6.45) is 8.67. The van der Waals surface area contributed by atoms with Crippen LogP contribution in [0.15, 0.2) is 23.7 Å². The first-order chi connectivity index (χ1) is 8.21. The molecule has 3 nitrogen and oxygen atoms in total. The molecule has 0 amide bonds. The van der Waals surface area contributed by atoms with Crippen LogP contribution in [0.4, 0.5) is 0 Å². The average Bonchev–Trinajstić information content (AvgIpc) is 2.64. The Morgan fingerprint density at radius 3 is 3.12 bits per heavy atom. The standard InChI is InChI=1S/C14H22O3/c1-3-4-5-8-14(15)10-12(16-2)13-11(14)7-6-9-17-13/h5,8,11,15H,3-4,6-7,9-10H2,1-2H3/b8-5+/t11-,14-/m1/s1. The van der Waals surface area contributed by atoms with Crippen LogP contribution in [0.1, 0.15) is 39.0 Å². The zero-order valence-electron chi connectivity index (χ0n) is 10.7. The van der Waals surface area contributed by atoms with Crippen LogP contribution in [0.3, 0.4) is 0 Å². The molecule has 1 aliphatic heterocycles. The lowest BCUT2D eigenvalue weighted by Crippen LogP contribution is -2.35. The van der Waals surface area contributed by atoms with Crippen LogP contribution >= 0.6 is 0 Å². The molecule has 2 aliphatic rings. The molecule has 0 aromatic heterocycles. The molecule has 1 fully saturated rings. The van der Waals surface area contributed by atoms with E-state index in [2.05, 4.69) is 13.0 Å². The molecule has 0 radical (unpaired) electrons. The van der Waals surface area contributed by atoms with E-state index in [1.54, 1.807) is 7.11 Å². The maximum Gasteiger partial charge on any atom is 0.140 e. The second-order valence-electron chi connectivity index (χ2n) is 4.89. The average molecular weight is 238 g/mol. The number of ether oxygens (including phenoxy) is 2. The van der Waals surface area contributed by atoms with Gasteiger partial charge in [0.2, 0.25) is 0 Å². The molecule has 0 bridgehead atoms. The third-order valence-electron chi connectivity index (χ3n) is 3.64. The van der Waals surface area contributed by atoms with Gasteiger partial charge in [0.05, 0.1) is 25.2 Å². The van der Waals surface area contributed by atoms with Gasteiger partial charge in [0.25, 0.3) is 0 Å². The quantitative estimate of drug-likeness (QED) is 0.765. The van der Waals surface area contributed by atoms with Gasteiger partial charge in [-0.25, -0.2) is 0 Å². The summed E-state index contributed by atoms with van der Waals surface area (Å²) in [6, 6.07) is 0. The third-order valence-corrected chi connectivity index (χ3v) is 3.64. The van der Waals surface area contributed by atoms with Crippen molar-refractivity contribution < 1.29 is 14.6 Å². The van der Waals surface area contributed by atoms with Crippen molar-refractivity contribution in [3.05, 3.63) is 23.7 Å². The van der Waals surface area contributed by atoms with E-state index < -0.39 is 5.60 Å². The Labute approximate surface area is 103 Å². The first-order valence-electron chi connectivity index (χ1n) is 6.51. The predicted molar refractivity (Wildman–Crippen MR) is 66.3 cm³/mol. The molecule has 1 N–H and O–H groups in total. The Bertz CT molecular complexity index is 332. The van der Waals surface area contributed by atoms with E-state index in [4.69, 9.17) is 9.47 Å². The minimum absolute atomic E-state index is 0.0827. The number of unbranched alkanes of at least 4 members (excludes halogenated alkanes) is 1. The van der Waals surface area contributed by atoms with Crippen LogP contribution in [-0.2, 0) is 9.47 Å². The van der Waals surface area contributed by atoms with Gasteiger partial charge in [-0.1, -0.05) is 25.5 Å². The van der Waals surface area contributed by atoms with Crippen LogP contribution in [0.2, 0.25) is 0 Å². The van der Waals surface area contributed by atoms with E-state index in [0.717, 1.165) is 43.8 Å². The van der Waals surface area contributed by atoms with Crippen LogP contribution < -0.4 is 0 Å². The third kappa shape index (κ3) is 2.34. The van der Waals surface area contributed by atoms with Crippen molar-refractivity contribution in [3.8, 4) is 0 Å². The topological polar surface area (TPSA) is 38.7 Å². The SMILES string of the molecule is CCC/C=C/[C@@]1(O)CC(OC)=C2OCCC[C@H]21. The predicted octanol–water partition coefficient (Wildman–Crippen LogP) is 2.76. The lowest BCUT2D eigenvalue weighted by molar-refractivity contribution is 0.00873. The van der Waals surface area contributed by atoms with Crippen molar-refractivity contribution in [1.82, 2.24) is 0 Å². The molecular weight excluding hydrogens is 216 g/mol. The lowest BCUT2D eigenvalue weighted by Gasteiger charge is -2.31. The second kappa shape index (κ2) is 5.13. The van der Waals surface area contributed by atoms with Crippen LogP contribution in [0, 0.1) is 5.92 Å². The van der Waals surface area contributed by atoms with Crippen molar-refractivity contribution >= 4 is 0 Å². The van der Waals surface area contributed by atoms with Crippen molar-refractivity contribution in [2.45, 2.75) is 44.6 Å². The molecule has 3 heteroatoms. The fourth-order valence-electron chi connectivity index (χ4n) is 2.72. The Balaban J connectivity index is 2.16. The highest BCUT2D eigenvalue weighted by molar-refractivity contribution is 5.28. The normalized spacial score (nSPS) is 32.8. The number of aliphatic hydroxyl groups is 1. The molecule has 1 heterocycles. The van der Waals surface area contributed by atoms with E-state index >= 15 is 0 Å². The molecule has 0 aromatic rings. The van der Waals surface area contributed by atoms with Crippen molar-refractivity contribution in [2.24, 2.45) is 5.92 Å². The molecule has 2 rings (SSSR count). The van der Waals surface area contributed by atoms with E-state index in [1.165, 1.54) is 0 Å². The largest absolute Gasteiger partial charge is 0.497 e. The molecule has 0 saturated carbocycles.